The fraction of sp³-hybridized carbons (Fsp3) is 0.750. The predicted molar refractivity (Wildman–Crippen MR) is 74.6 cm³/mol. The summed E-state index contributed by atoms with van der Waals surface area (Å²) in [6, 6.07) is 0. The van der Waals surface area contributed by atoms with Gasteiger partial charge in [-0.05, 0) is 25.2 Å². The van der Waals surface area contributed by atoms with Gasteiger partial charge in [-0.1, -0.05) is 18.3 Å². The van der Waals surface area contributed by atoms with Crippen molar-refractivity contribution in [2.24, 2.45) is 5.92 Å². The van der Waals surface area contributed by atoms with E-state index >= 15 is 0 Å². The standard InChI is InChI=1S/C12H20N4O2S/c1-2-5-14-12-16-15-11(19-12)10(17)13-6-3-9-4-7-18-8-9/h9H,2-8H2,1H3,(H,13,17)(H,14,16). The Kier molecular flexibility index (Phi) is 5.53. The SMILES string of the molecule is CCCNc1nnc(C(=O)NCCC2CCOC2)s1. The Labute approximate surface area is 116 Å². The van der Waals surface area contributed by atoms with E-state index in [1.807, 2.05) is 0 Å². The van der Waals surface area contributed by atoms with Gasteiger partial charge in [0, 0.05) is 26.3 Å². The highest BCUT2D eigenvalue weighted by molar-refractivity contribution is 7.17. The second kappa shape index (κ2) is 7.40. The Morgan fingerprint density at radius 2 is 2.37 bits per heavy atom. The molecule has 6 nitrogen and oxygen atoms in total. The molecule has 1 amide bonds. The van der Waals surface area contributed by atoms with E-state index in [9.17, 15) is 4.79 Å². The van der Waals surface area contributed by atoms with Gasteiger partial charge in [-0.15, -0.1) is 10.2 Å². The predicted octanol–water partition coefficient (Wildman–Crippen LogP) is 1.52. The van der Waals surface area contributed by atoms with Crippen LogP contribution >= 0.6 is 11.3 Å². The molecule has 7 heteroatoms. The first kappa shape index (κ1) is 14.2. The summed E-state index contributed by atoms with van der Waals surface area (Å²) < 4.78 is 5.30. The van der Waals surface area contributed by atoms with Crippen molar-refractivity contribution in [3.63, 3.8) is 0 Å². The zero-order valence-corrected chi connectivity index (χ0v) is 12.0. The van der Waals surface area contributed by atoms with E-state index in [0.29, 0.717) is 22.6 Å². The van der Waals surface area contributed by atoms with Crippen LogP contribution in [0.4, 0.5) is 5.13 Å². The molecule has 1 fully saturated rings. The summed E-state index contributed by atoms with van der Waals surface area (Å²) >= 11 is 1.29. The molecule has 0 spiro atoms. The molecule has 2 rings (SSSR count). The van der Waals surface area contributed by atoms with Crippen LogP contribution in [0, 0.1) is 5.92 Å². The maximum Gasteiger partial charge on any atom is 0.282 e. The highest BCUT2D eigenvalue weighted by Crippen LogP contribution is 2.16. The molecule has 0 saturated carbocycles. The van der Waals surface area contributed by atoms with Gasteiger partial charge in [-0.25, -0.2) is 0 Å². The average molecular weight is 284 g/mol. The van der Waals surface area contributed by atoms with Crippen LogP contribution < -0.4 is 10.6 Å². The maximum absolute atomic E-state index is 11.8. The van der Waals surface area contributed by atoms with Gasteiger partial charge < -0.3 is 15.4 Å². The van der Waals surface area contributed by atoms with Gasteiger partial charge in [0.2, 0.25) is 10.1 Å². The molecule has 1 aliphatic rings. The zero-order chi connectivity index (χ0) is 13.5. The first-order chi connectivity index (χ1) is 9.29. The van der Waals surface area contributed by atoms with Gasteiger partial charge >= 0.3 is 0 Å². The summed E-state index contributed by atoms with van der Waals surface area (Å²) in [7, 11) is 0. The lowest BCUT2D eigenvalue weighted by Crippen LogP contribution is -2.26. The number of hydrogen-bond donors (Lipinski definition) is 2. The van der Waals surface area contributed by atoms with Crippen LogP contribution in [0.5, 0.6) is 0 Å². The van der Waals surface area contributed by atoms with Gasteiger partial charge in [-0.2, -0.15) is 0 Å². The Balaban J connectivity index is 1.71. The van der Waals surface area contributed by atoms with Crippen LogP contribution in [-0.4, -0.2) is 42.4 Å². The number of ether oxygens (including phenoxy) is 1. The third-order valence-electron chi connectivity index (χ3n) is 3.01. The Morgan fingerprint density at radius 1 is 1.47 bits per heavy atom. The minimum absolute atomic E-state index is 0.138. The number of carbonyl (C=O) groups excluding carboxylic acids is 1. The van der Waals surface area contributed by atoms with Crippen molar-refractivity contribution in [3.8, 4) is 0 Å². The van der Waals surface area contributed by atoms with Crippen molar-refractivity contribution in [2.45, 2.75) is 26.2 Å². The molecule has 0 aliphatic carbocycles. The number of nitrogens with zero attached hydrogens (tertiary/aromatic N) is 2. The van der Waals surface area contributed by atoms with Gasteiger partial charge in [0.1, 0.15) is 0 Å². The third kappa shape index (κ3) is 4.43. The number of anilines is 1. The van der Waals surface area contributed by atoms with Crippen LogP contribution in [0.15, 0.2) is 0 Å². The van der Waals surface area contributed by atoms with Crippen molar-refractivity contribution in [1.82, 2.24) is 15.5 Å². The van der Waals surface area contributed by atoms with Crippen LogP contribution in [-0.2, 0) is 4.74 Å². The molecule has 1 unspecified atom stereocenters. The van der Waals surface area contributed by atoms with Crippen molar-refractivity contribution in [3.05, 3.63) is 5.01 Å². The molecule has 1 aromatic heterocycles. The number of nitrogens with one attached hydrogen (secondary N) is 2. The number of aromatic nitrogens is 2. The minimum atomic E-state index is -0.138. The summed E-state index contributed by atoms with van der Waals surface area (Å²) in [6.45, 7) is 5.26. The molecule has 2 heterocycles. The highest BCUT2D eigenvalue weighted by Gasteiger charge is 2.16. The summed E-state index contributed by atoms with van der Waals surface area (Å²) in [6.07, 6.45) is 3.08. The summed E-state index contributed by atoms with van der Waals surface area (Å²) in [5.74, 6) is 0.442. The highest BCUT2D eigenvalue weighted by atomic mass is 32.1. The molecule has 0 aromatic carbocycles. The molecule has 0 radical (unpaired) electrons. The summed E-state index contributed by atoms with van der Waals surface area (Å²) in [5, 5.41) is 14.9. The van der Waals surface area contributed by atoms with Crippen molar-refractivity contribution >= 4 is 22.4 Å². The quantitative estimate of drug-likeness (QED) is 0.794. The molecule has 106 valence electrons. The van der Waals surface area contributed by atoms with Crippen LogP contribution in [0.3, 0.4) is 0 Å². The maximum atomic E-state index is 11.8. The van der Waals surface area contributed by atoms with E-state index in [0.717, 1.165) is 39.0 Å². The molecule has 1 saturated heterocycles. The number of carbonyl (C=O) groups is 1. The first-order valence-electron chi connectivity index (χ1n) is 6.73. The summed E-state index contributed by atoms with van der Waals surface area (Å²) in [5.41, 5.74) is 0. The lowest BCUT2D eigenvalue weighted by Gasteiger charge is -2.07. The monoisotopic (exact) mass is 284 g/mol. The fourth-order valence-corrected chi connectivity index (χ4v) is 2.58. The second-order valence-electron chi connectivity index (χ2n) is 4.61. The van der Waals surface area contributed by atoms with Crippen LogP contribution in [0.25, 0.3) is 0 Å². The summed E-state index contributed by atoms with van der Waals surface area (Å²) in [4.78, 5) is 11.8. The van der Waals surface area contributed by atoms with Crippen molar-refractivity contribution in [2.75, 3.05) is 31.6 Å². The van der Waals surface area contributed by atoms with Gasteiger partial charge in [0.15, 0.2) is 0 Å². The Morgan fingerprint density at radius 3 is 3.11 bits per heavy atom. The smallest absolute Gasteiger partial charge is 0.282 e. The van der Waals surface area contributed by atoms with Gasteiger partial charge in [0.25, 0.3) is 5.91 Å². The minimum Gasteiger partial charge on any atom is -0.381 e. The number of hydrogen-bond acceptors (Lipinski definition) is 6. The topological polar surface area (TPSA) is 76.1 Å². The normalized spacial score (nSPS) is 18.5. The average Bonchev–Trinajstić information content (AvgIpc) is 3.07. The van der Waals surface area contributed by atoms with Gasteiger partial charge in [-0.3, -0.25) is 4.79 Å². The van der Waals surface area contributed by atoms with E-state index in [-0.39, 0.29) is 5.91 Å². The molecule has 0 bridgehead atoms. The van der Waals surface area contributed by atoms with E-state index in [4.69, 9.17) is 4.74 Å². The van der Waals surface area contributed by atoms with E-state index in [1.54, 1.807) is 0 Å². The lowest BCUT2D eigenvalue weighted by atomic mass is 10.1. The Bertz CT molecular complexity index is 404. The molecular formula is C12H20N4O2S. The van der Waals surface area contributed by atoms with Gasteiger partial charge in [0.05, 0.1) is 0 Å². The van der Waals surface area contributed by atoms with Crippen LogP contribution in [0.2, 0.25) is 0 Å². The van der Waals surface area contributed by atoms with E-state index < -0.39 is 0 Å². The number of amides is 1. The number of rotatable bonds is 7. The largest absolute Gasteiger partial charge is 0.381 e. The first-order valence-corrected chi connectivity index (χ1v) is 7.54. The molecule has 2 N–H and O–H groups in total. The fourth-order valence-electron chi connectivity index (χ4n) is 1.89. The third-order valence-corrected chi connectivity index (χ3v) is 3.89. The zero-order valence-electron chi connectivity index (χ0n) is 11.1. The lowest BCUT2D eigenvalue weighted by molar-refractivity contribution is 0.0949. The van der Waals surface area contributed by atoms with Crippen molar-refractivity contribution < 1.29 is 9.53 Å². The Hall–Kier alpha value is -1.21. The molecule has 1 aliphatic heterocycles. The van der Waals surface area contributed by atoms with Crippen LogP contribution in [0.1, 0.15) is 36.0 Å². The molecule has 1 aromatic rings. The second-order valence-corrected chi connectivity index (χ2v) is 5.59. The van der Waals surface area contributed by atoms with E-state index in [1.165, 1.54) is 11.3 Å². The van der Waals surface area contributed by atoms with Crippen molar-refractivity contribution in [1.29, 1.82) is 0 Å². The molecular weight excluding hydrogens is 264 g/mol. The molecule has 1 atom stereocenters. The van der Waals surface area contributed by atoms with E-state index in [2.05, 4.69) is 27.8 Å². The molecule has 19 heavy (non-hydrogen) atoms.